The SMILES string of the molecule is Fc1cc(Br)cc(OCc2ccc(Cl)c(Cl)c2)c1. The lowest BCUT2D eigenvalue weighted by molar-refractivity contribution is 0.304. The minimum Gasteiger partial charge on any atom is -0.489 e. The molecule has 0 aliphatic rings. The Morgan fingerprint density at radius 2 is 1.83 bits per heavy atom. The maximum absolute atomic E-state index is 13.1. The zero-order chi connectivity index (χ0) is 13.1. The highest BCUT2D eigenvalue weighted by atomic mass is 79.9. The summed E-state index contributed by atoms with van der Waals surface area (Å²) in [6.45, 7) is 0.298. The van der Waals surface area contributed by atoms with Crippen LogP contribution in [0.2, 0.25) is 10.0 Å². The molecule has 0 saturated carbocycles. The molecule has 0 fully saturated rings. The molecular formula is C13H8BrCl2FO. The van der Waals surface area contributed by atoms with E-state index in [1.165, 1.54) is 12.1 Å². The highest BCUT2D eigenvalue weighted by Crippen LogP contribution is 2.24. The van der Waals surface area contributed by atoms with Gasteiger partial charge in [0.1, 0.15) is 18.2 Å². The normalized spacial score (nSPS) is 10.4. The van der Waals surface area contributed by atoms with Crippen molar-refractivity contribution in [1.82, 2.24) is 0 Å². The van der Waals surface area contributed by atoms with E-state index >= 15 is 0 Å². The van der Waals surface area contributed by atoms with E-state index in [9.17, 15) is 4.39 Å². The molecule has 0 N–H and O–H groups in total. The molecule has 2 aromatic carbocycles. The van der Waals surface area contributed by atoms with Crippen LogP contribution in [-0.4, -0.2) is 0 Å². The van der Waals surface area contributed by atoms with Crippen LogP contribution >= 0.6 is 39.1 Å². The van der Waals surface area contributed by atoms with E-state index < -0.39 is 0 Å². The summed E-state index contributed by atoms with van der Waals surface area (Å²) in [6.07, 6.45) is 0. The third-order valence-electron chi connectivity index (χ3n) is 2.23. The molecule has 0 bridgehead atoms. The van der Waals surface area contributed by atoms with Gasteiger partial charge in [-0.25, -0.2) is 4.39 Å². The van der Waals surface area contributed by atoms with Crippen LogP contribution in [0.15, 0.2) is 40.9 Å². The summed E-state index contributed by atoms with van der Waals surface area (Å²) in [6, 6.07) is 9.61. The van der Waals surface area contributed by atoms with Gasteiger partial charge in [-0.3, -0.25) is 0 Å². The van der Waals surface area contributed by atoms with Crippen molar-refractivity contribution in [1.29, 1.82) is 0 Å². The van der Waals surface area contributed by atoms with Gasteiger partial charge in [0.05, 0.1) is 10.0 Å². The molecule has 0 aliphatic heterocycles. The summed E-state index contributed by atoms with van der Waals surface area (Å²) in [7, 11) is 0. The number of benzene rings is 2. The van der Waals surface area contributed by atoms with Crippen LogP contribution in [0, 0.1) is 5.82 Å². The van der Waals surface area contributed by atoms with Crippen molar-refractivity contribution in [2.45, 2.75) is 6.61 Å². The minimum atomic E-state index is -0.353. The van der Waals surface area contributed by atoms with Crippen molar-refractivity contribution in [3.8, 4) is 5.75 Å². The monoisotopic (exact) mass is 348 g/mol. The zero-order valence-corrected chi connectivity index (χ0v) is 12.2. The average Bonchev–Trinajstić information content (AvgIpc) is 2.29. The molecule has 94 valence electrons. The molecule has 0 heterocycles. The minimum absolute atomic E-state index is 0.298. The Balaban J connectivity index is 2.08. The first-order valence-electron chi connectivity index (χ1n) is 5.07. The maximum Gasteiger partial charge on any atom is 0.128 e. The number of hydrogen-bond donors (Lipinski definition) is 0. The molecule has 0 aliphatic carbocycles. The van der Waals surface area contributed by atoms with Crippen molar-refractivity contribution in [2.24, 2.45) is 0 Å². The van der Waals surface area contributed by atoms with Crippen LogP contribution in [0.25, 0.3) is 0 Å². The Morgan fingerprint density at radius 3 is 2.50 bits per heavy atom. The van der Waals surface area contributed by atoms with Crippen LogP contribution < -0.4 is 4.74 Å². The molecule has 0 saturated heterocycles. The summed E-state index contributed by atoms with van der Waals surface area (Å²) in [5, 5.41) is 0.965. The lowest BCUT2D eigenvalue weighted by Gasteiger charge is -2.07. The predicted octanol–water partition coefficient (Wildman–Crippen LogP) is 5.47. The van der Waals surface area contributed by atoms with Gasteiger partial charge in [0.2, 0.25) is 0 Å². The number of halogens is 4. The second kappa shape index (κ2) is 5.91. The fourth-order valence-corrected chi connectivity index (χ4v) is 2.17. The highest BCUT2D eigenvalue weighted by Gasteiger charge is 2.03. The highest BCUT2D eigenvalue weighted by molar-refractivity contribution is 9.10. The second-order valence-corrected chi connectivity index (χ2v) is 5.37. The first-order chi connectivity index (χ1) is 8.54. The molecule has 0 amide bonds. The van der Waals surface area contributed by atoms with E-state index in [2.05, 4.69) is 15.9 Å². The Kier molecular flexibility index (Phi) is 4.49. The van der Waals surface area contributed by atoms with E-state index in [4.69, 9.17) is 27.9 Å². The van der Waals surface area contributed by atoms with Crippen molar-refractivity contribution >= 4 is 39.1 Å². The average molecular weight is 350 g/mol. The number of hydrogen-bond acceptors (Lipinski definition) is 1. The molecule has 2 aromatic rings. The Hall–Kier alpha value is -0.770. The largest absolute Gasteiger partial charge is 0.489 e. The summed E-state index contributed by atoms with van der Waals surface area (Å²) in [5.74, 6) is 0.0986. The smallest absolute Gasteiger partial charge is 0.128 e. The van der Waals surface area contributed by atoms with Gasteiger partial charge in [-0.2, -0.15) is 0 Å². The molecule has 5 heteroatoms. The zero-order valence-electron chi connectivity index (χ0n) is 9.09. The van der Waals surface area contributed by atoms with Crippen molar-refractivity contribution in [3.05, 3.63) is 62.3 Å². The van der Waals surface area contributed by atoms with Crippen LogP contribution in [-0.2, 0) is 6.61 Å². The fraction of sp³-hybridized carbons (Fsp3) is 0.0769. The molecule has 0 radical (unpaired) electrons. The maximum atomic E-state index is 13.1. The van der Waals surface area contributed by atoms with Crippen molar-refractivity contribution in [2.75, 3.05) is 0 Å². The Morgan fingerprint density at radius 1 is 1.06 bits per heavy atom. The van der Waals surface area contributed by atoms with E-state index in [0.717, 1.165) is 5.56 Å². The molecule has 0 unspecified atom stereocenters. The second-order valence-electron chi connectivity index (χ2n) is 3.64. The van der Waals surface area contributed by atoms with E-state index in [0.29, 0.717) is 26.9 Å². The first kappa shape index (κ1) is 13.7. The quantitative estimate of drug-likeness (QED) is 0.713. The summed E-state index contributed by atoms with van der Waals surface area (Å²) < 4.78 is 19.2. The fourth-order valence-electron chi connectivity index (χ4n) is 1.41. The molecular weight excluding hydrogens is 342 g/mol. The van der Waals surface area contributed by atoms with Crippen LogP contribution in [0.4, 0.5) is 4.39 Å². The van der Waals surface area contributed by atoms with Gasteiger partial charge >= 0.3 is 0 Å². The molecule has 0 atom stereocenters. The lowest BCUT2D eigenvalue weighted by atomic mass is 10.2. The Labute approximate surface area is 123 Å². The van der Waals surface area contributed by atoms with Gasteiger partial charge in [-0.05, 0) is 29.8 Å². The van der Waals surface area contributed by atoms with E-state index in [1.54, 1.807) is 18.2 Å². The molecule has 0 spiro atoms. The van der Waals surface area contributed by atoms with E-state index in [-0.39, 0.29) is 5.82 Å². The van der Waals surface area contributed by atoms with Crippen molar-refractivity contribution in [3.63, 3.8) is 0 Å². The summed E-state index contributed by atoms with van der Waals surface area (Å²) in [4.78, 5) is 0. The van der Waals surface area contributed by atoms with Gasteiger partial charge < -0.3 is 4.74 Å². The summed E-state index contributed by atoms with van der Waals surface area (Å²) in [5.41, 5.74) is 0.866. The molecule has 18 heavy (non-hydrogen) atoms. The van der Waals surface area contributed by atoms with Crippen LogP contribution in [0.1, 0.15) is 5.56 Å². The topological polar surface area (TPSA) is 9.23 Å². The van der Waals surface area contributed by atoms with Crippen LogP contribution in [0.3, 0.4) is 0 Å². The third-order valence-corrected chi connectivity index (χ3v) is 3.42. The van der Waals surface area contributed by atoms with Crippen LogP contribution in [0.5, 0.6) is 5.75 Å². The first-order valence-corrected chi connectivity index (χ1v) is 6.62. The Bertz CT molecular complexity index is 555. The summed E-state index contributed by atoms with van der Waals surface area (Å²) >= 11 is 14.9. The van der Waals surface area contributed by atoms with Gasteiger partial charge in [0.15, 0.2) is 0 Å². The number of rotatable bonds is 3. The van der Waals surface area contributed by atoms with Gasteiger partial charge in [0.25, 0.3) is 0 Å². The standard InChI is InChI=1S/C13H8BrCl2FO/c14-9-4-10(17)6-11(5-9)18-7-8-1-2-12(15)13(16)3-8/h1-6H,7H2. The van der Waals surface area contributed by atoms with Gasteiger partial charge in [-0.1, -0.05) is 45.2 Å². The molecule has 1 nitrogen and oxygen atoms in total. The predicted molar refractivity (Wildman–Crippen MR) is 74.9 cm³/mol. The molecule has 0 aromatic heterocycles. The van der Waals surface area contributed by atoms with Gasteiger partial charge in [0, 0.05) is 10.5 Å². The van der Waals surface area contributed by atoms with E-state index in [1.807, 2.05) is 6.07 Å². The number of ether oxygens (including phenoxy) is 1. The molecule has 2 rings (SSSR count). The third kappa shape index (κ3) is 3.61. The lowest BCUT2D eigenvalue weighted by Crippen LogP contribution is -1.96. The van der Waals surface area contributed by atoms with Gasteiger partial charge in [-0.15, -0.1) is 0 Å². The van der Waals surface area contributed by atoms with Crippen molar-refractivity contribution < 1.29 is 9.13 Å².